The van der Waals surface area contributed by atoms with E-state index in [0.29, 0.717) is 10.8 Å². The van der Waals surface area contributed by atoms with E-state index in [4.69, 9.17) is 18.0 Å². The van der Waals surface area contributed by atoms with Crippen LogP contribution in [-0.4, -0.2) is 15.0 Å². The number of nitrogens with zero attached hydrogens (tertiary/aromatic N) is 2. The summed E-state index contributed by atoms with van der Waals surface area (Å²) >= 11 is 6.73. The predicted octanol–water partition coefficient (Wildman–Crippen LogP) is 3.69. The predicted molar refractivity (Wildman–Crippen MR) is 92.5 cm³/mol. The number of benzene rings is 1. The van der Waals surface area contributed by atoms with Crippen molar-refractivity contribution in [1.82, 2.24) is 9.97 Å². The van der Waals surface area contributed by atoms with Gasteiger partial charge in [-0.05, 0) is 26.0 Å². The molecule has 21 heavy (non-hydrogen) atoms. The summed E-state index contributed by atoms with van der Waals surface area (Å²) < 4.78 is 0. The van der Waals surface area contributed by atoms with E-state index < -0.39 is 0 Å². The van der Waals surface area contributed by atoms with E-state index in [1.165, 1.54) is 4.88 Å². The highest BCUT2D eigenvalue weighted by Crippen LogP contribution is 2.27. The van der Waals surface area contributed by atoms with Crippen LogP contribution in [0.1, 0.15) is 16.1 Å². The van der Waals surface area contributed by atoms with Crippen LogP contribution in [0.2, 0.25) is 0 Å². The van der Waals surface area contributed by atoms with Gasteiger partial charge >= 0.3 is 0 Å². The van der Waals surface area contributed by atoms with Crippen molar-refractivity contribution in [3.05, 3.63) is 46.5 Å². The maximum atomic E-state index is 5.83. The fourth-order valence-corrected chi connectivity index (χ4v) is 3.00. The Morgan fingerprint density at radius 2 is 2.00 bits per heavy atom. The summed E-state index contributed by atoms with van der Waals surface area (Å²) in [6.07, 6.45) is 0. The van der Waals surface area contributed by atoms with Crippen LogP contribution >= 0.6 is 23.6 Å². The van der Waals surface area contributed by atoms with Crippen LogP contribution in [0, 0.1) is 13.8 Å². The van der Waals surface area contributed by atoms with Crippen molar-refractivity contribution in [2.24, 2.45) is 5.73 Å². The van der Waals surface area contributed by atoms with Crippen LogP contribution in [0.5, 0.6) is 0 Å². The van der Waals surface area contributed by atoms with Crippen molar-refractivity contribution >= 4 is 50.4 Å². The zero-order chi connectivity index (χ0) is 15.0. The number of thiazole rings is 1. The zero-order valence-corrected chi connectivity index (χ0v) is 13.3. The highest BCUT2D eigenvalue weighted by atomic mass is 32.1. The Hall–Kier alpha value is -2.05. The number of rotatable bonds is 3. The summed E-state index contributed by atoms with van der Waals surface area (Å²) in [7, 11) is 0. The average Bonchev–Trinajstić information content (AvgIpc) is 2.76. The van der Waals surface area contributed by atoms with Gasteiger partial charge in [0.2, 0.25) is 0 Å². The maximum Gasteiger partial charge on any atom is 0.188 e. The molecule has 0 aliphatic rings. The molecule has 0 radical (unpaired) electrons. The Balaban J connectivity index is 2.11. The van der Waals surface area contributed by atoms with Gasteiger partial charge in [0.1, 0.15) is 10.8 Å². The molecule has 1 aromatic carbocycles. The summed E-state index contributed by atoms with van der Waals surface area (Å²) in [5.74, 6) is 0.648. The van der Waals surface area contributed by atoms with Crippen molar-refractivity contribution in [3.8, 4) is 0 Å². The van der Waals surface area contributed by atoms with Crippen molar-refractivity contribution in [1.29, 1.82) is 0 Å². The first-order valence-corrected chi connectivity index (χ1v) is 7.67. The quantitative estimate of drug-likeness (QED) is 0.722. The molecule has 3 N–H and O–H groups in total. The van der Waals surface area contributed by atoms with Gasteiger partial charge in [-0.1, -0.05) is 30.4 Å². The number of nitrogens with two attached hydrogens (primary N) is 1. The third kappa shape index (κ3) is 2.72. The molecule has 6 heteroatoms. The first-order valence-electron chi connectivity index (χ1n) is 6.45. The summed E-state index contributed by atoms with van der Waals surface area (Å²) in [6.45, 7) is 4.03. The fraction of sp³-hybridized carbons (Fsp3) is 0.133. The second-order valence-corrected chi connectivity index (χ2v) is 6.37. The van der Waals surface area contributed by atoms with Gasteiger partial charge in [-0.3, -0.25) is 0 Å². The van der Waals surface area contributed by atoms with Crippen LogP contribution in [0.4, 0.5) is 10.9 Å². The summed E-state index contributed by atoms with van der Waals surface area (Å²) in [6, 6.07) is 9.83. The van der Waals surface area contributed by atoms with Gasteiger partial charge in [0.25, 0.3) is 0 Å². The number of hydrogen-bond donors (Lipinski definition) is 2. The molecular weight excluding hydrogens is 300 g/mol. The van der Waals surface area contributed by atoms with E-state index in [1.54, 1.807) is 11.3 Å². The van der Waals surface area contributed by atoms with Crippen molar-refractivity contribution in [3.63, 3.8) is 0 Å². The Morgan fingerprint density at radius 1 is 1.24 bits per heavy atom. The highest BCUT2D eigenvalue weighted by molar-refractivity contribution is 7.80. The molecule has 0 bridgehead atoms. The Bertz CT molecular complexity index is 819. The molecule has 0 unspecified atom stereocenters. The lowest BCUT2D eigenvalue weighted by molar-refractivity contribution is 1.22. The highest BCUT2D eigenvalue weighted by Gasteiger charge is 2.12. The Labute approximate surface area is 132 Å². The molecule has 106 valence electrons. The second-order valence-electron chi connectivity index (χ2n) is 4.73. The van der Waals surface area contributed by atoms with E-state index in [1.807, 2.05) is 44.2 Å². The molecular formula is C15H14N4S2. The number of anilines is 2. The topological polar surface area (TPSA) is 63.8 Å². The molecule has 0 fully saturated rings. The van der Waals surface area contributed by atoms with Gasteiger partial charge in [-0.25, -0.2) is 9.97 Å². The molecule has 0 amide bonds. The third-order valence-electron chi connectivity index (χ3n) is 3.24. The second kappa shape index (κ2) is 5.38. The molecule has 0 aliphatic heterocycles. The first kappa shape index (κ1) is 13.9. The number of pyridine rings is 1. The van der Waals surface area contributed by atoms with Crippen LogP contribution in [0.3, 0.4) is 0 Å². The Kier molecular flexibility index (Phi) is 3.57. The van der Waals surface area contributed by atoms with Gasteiger partial charge in [-0.15, -0.1) is 11.3 Å². The fourth-order valence-electron chi connectivity index (χ4n) is 2.03. The summed E-state index contributed by atoms with van der Waals surface area (Å²) in [4.78, 5) is 10.6. The molecule has 3 rings (SSSR count). The van der Waals surface area contributed by atoms with E-state index in [0.717, 1.165) is 27.3 Å². The monoisotopic (exact) mass is 314 g/mol. The third-order valence-corrected chi connectivity index (χ3v) is 4.45. The lowest BCUT2D eigenvalue weighted by atomic mass is 10.1. The molecule has 0 aliphatic carbocycles. The molecule has 2 heterocycles. The first-order chi connectivity index (χ1) is 10.0. The van der Waals surface area contributed by atoms with Gasteiger partial charge in [0, 0.05) is 10.3 Å². The number of aryl methyl sites for hydroxylation is 2. The van der Waals surface area contributed by atoms with E-state index in [9.17, 15) is 0 Å². The lowest BCUT2D eigenvalue weighted by Gasteiger charge is -2.09. The average molecular weight is 314 g/mol. The number of para-hydroxylation sites is 1. The minimum absolute atomic E-state index is 0.320. The Morgan fingerprint density at radius 3 is 2.67 bits per heavy atom. The number of hydrogen-bond acceptors (Lipinski definition) is 5. The minimum atomic E-state index is 0.320. The molecule has 2 aromatic heterocycles. The molecule has 0 atom stereocenters. The van der Waals surface area contributed by atoms with Crippen molar-refractivity contribution < 1.29 is 0 Å². The van der Waals surface area contributed by atoms with Crippen molar-refractivity contribution in [2.45, 2.75) is 13.8 Å². The molecule has 0 spiro atoms. The largest absolute Gasteiger partial charge is 0.389 e. The standard InChI is InChI=1S/C15H14N4S2/c1-8-9(2)21-15(17-8)19-14-11(13(16)20)7-10-5-3-4-6-12(10)18-14/h3-7H,1-2H3,(H2,16,20)(H,17,18,19). The number of thiocarbonyl (C=S) groups is 1. The van der Waals surface area contributed by atoms with E-state index >= 15 is 0 Å². The molecule has 3 aromatic rings. The minimum Gasteiger partial charge on any atom is -0.389 e. The summed E-state index contributed by atoms with van der Waals surface area (Å²) in [5.41, 5.74) is 8.47. The smallest absolute Gasteiger partial charge is 0.188 e. The van der Waals surface area contributed by atoms with Gasteiger partial charge in [0.05, 0.1) is 16.8 Å². The van der Waals surface area contributed by atoms with Crippen LogP contribution in [0.15, 0.2) is 30.3 Å². The van der Waals surface area contributed by atoms with Crippen LogP contribution in [0.25, 0.3) is 10.9 Å². The van der Waals surface area contributed by atoms with Crippen LogP contribution < -0.4 is 11.1 Å². The maximum absolute atomic E-state index is 5.83. The molecule has 0 saturated heterocycles. The number of nitrogens with one attached hydrogen (secondary N) is 1. The van der Waals surface area contributed by atoms with E-state index in [-0.39, 0.29) is 0 Å². The lowest BCUT2D eigenvalue weighted by Crippen LogP contribution is -2.13. The van der Waals surface area contributed by atoms with E-state index in [2.05, 4.69) is 15.3 Å². The van der Waals surface area contributed by atoms with Gasteiger partial charge in [-0.2, -0.15) is 0 Å². The van der Waals surface area contributed by atoms with Crippen LogP contribution in [-0.2, 0) is 0 Å². The van der Waals surface area contributed by atoms with Gasteiger partial charge in [0.15, 0.2) is 5.13 Å². The zero-order valence-electron chi connectivity index (χ0n) is 11.7. The van der Waals surface area contributed by atoms with Gasteiger partial charge < -0.3 is 11.1 Å². The summed E-state index contributed by atoms with van der Waals surface area (Å²) in [5, 5.41) is 5.04. The molecule has 4 nitrogen and oxygen atoms in total. The van der Waals surface area contributed by atoms with Crippen molar-refractivity contribution in [2.75, 3.05) is 5.32 Å². The normalized spacial score (nSPS) is 10.8. The molecule has 0 saturated carbocycles. The SMILES string of the molecule is Cc1nc(Nc2nc3ccccc3cc2C(N)=S)sc1C. The number of aromatic nitrogens is 2. The number of fused-ring (bicyclic) bond motifs is 1.